The third kappa shape index (κ3) is 4.53. The number of H-pyrrole nitrogens is 1. The summed E-state index contributed by atoms with van der Waals surface area (Å²) < 4.78 is 5.34. The van der Waals surface area contributed by atoms with Gasteiger partial charge in [-0.25, -0.2) is 0 Å². The number of allylic oxidation sites excluding steroid dienone is 2. The first-order valence-electron chi connectivity index (χ1n) is 10.4. The van der Waals surface area contributed by atoms with Crippen molar-refractivity contribution in [3.8, 4) is 0 Å². The van der Waals surface area contributed by atoms with E-state index in [1.165, 1.54) is 26.4 Å². The first kappa shape index (κ1) is 21.3. The van der Waals surface area contributed by atoms with Crippen molar-refractivity contribution >= 4 is 46.1 Å². The predicted octanol–water partition coefficient (Wildman–Crippen LogP) is 5.15. The number of ether oxygens (including phenoxy) is 1. The van der Waals surface area contributed by atoms with Crippen LogP contribution in [0.3, 0.4) is 0 Å². The number of carbonyl (C=O) groups is 1. The second-order valence-corrected chi connectivity index (χ2v) is 9.03. The summed E-state index contributed by atoms with van der Waals surface area (Å²) in [6, 6.07) is 6.95. The molecule has 2 bridgehead atoms. The molecular formula is C23H27Cl2N3O2. The van der Waals surface area contributed by atoms with Crippen molar-refractivity contribution in [2.24, 2.45) is 0 Å². The number of benzene rings is 1. The fourth-order valence-corrected chi connectivity index (χ4v) is 5.04. The zero-order chi connectivity index (χ0) is 21.3. The van der Waals surface area contributed by atoms with Gasteiger partial charge in [-0.3, -0.25) is 4.79 Å². The van der Waals surface area contributed by atoms with Gasteiger partial charge < -0.3 is 19.9 Å². The molecule has 1 aromatic carbocycles. The zero-order valence-corrected chi connectivity index (χ0v) is 18.8. The lowest BCUT2D eigenvalue weighted by Gasteiger charge is -2.47. The molecule has 0 spiro atoms. The highest BCUT2D eigenvalue weighted by molar-refractivity contribution is 6.42. The number of aromatic nitrogens is 1. The SMILES string of the molecule is CO/C(=C\C=C\c1cc2cc(Cl)c(Cl)cc2[nH]1)C(=O)NC1CC2CCCC(C1)N2C. The molecule has 2 atom stereocenters. The van der Waals surface area contributed by atoms with Crippen LogP contribution in [0.2, 0.25) is 10.0 Å². The normalized spacial score (nSPS) is 25.1. The maximum atomic E-state index is 12.7. The Labute approximate surface area is 187 Å². The Morgan fingerprint density at radius 1 is 1.20 bits per heavy atom. The maximum Gasteiger partial charge on any atom is 0.286 e. The molecule has 2 aliphatic rings. The predicted molar refractivity (Wildman–Crippen MR) is 123 cm³/mol. The molecule has 3 heterocycles. The Bertz CT molecular complexity index is 945. The number of hydrogen-bond donors (Lipinski definition) is 2. The van der Waals surface area contributed by atoms with Gasteiger partial charge in [0.05, 0.1) is 17.2 Å². The average Bonchev–Trinajstić information content (AvgIpc) is 3.07. The molecule has 7 heteroatoms. The number of hydrogen-bond acceptors (Lipinski definition) is 3. The summed E-state index contributed by atoms with van der Waals surface area (Å²) >= 11 is 12.2. The molecule has 4 rings (SSSR count). The molecule has 5 nitrogen and oxygen atoms in total. The maximum absolute atomic E-state index is 12.7. The van der Waals surface area contributed by atoms with Crippen molar-refractivity contribution in [3.63, 3.8) is 0 Å². The molecule has 160 valence electrons. The minimum Gasteiger partial charge on any atom is -0.491 e. The summed E-state index contributed by atoms with van der Waals surface area (Å²) in [6.45, 7) is 0. The van der Waals surface area contributed by atoms with E-state index in [0.717, 1.165) is 29.4 Å². The lowest BCUT2D eigenvalue weighted by Crippen LogP contribution is -2.55. The van der Waals surface area contributed by atoms with Gasteiger partial charge in [-0.1, -0.05) is 35.7 Å². The van der Waals surface area contributed by atoms with Crippen LogP contribution in [0.4, 0.5) is 0 Å². The smallest absolute Gasteiger partial charge is 0.286 e. The van der Waals surface area contributed by atoms with Crippen LogP contribution >= 0.6 is 23.2 Å². The number of carbonyl (C=O) groups excluding carboxylic acids is 1. The van der Waals surface area contributed by atoms with E-state index >= 15 is 0 Å². The highest BCUT2D eigenvalue weighted by Crippen LogP contribution is 2.32. The van der Waals surface area contributed by atoms with Crippen LogP contribution in [0.1, 0.15) is 37.8 Å². The summed E-state index contributed by atoms with van der Waals surface area (Å²) in [6.07, 6.45) is 11.1. The van der Waals surface area contributed by atoms with Crippen molar-refractivity contribution < 1.29 is 9.53 Å². The molecule has 2 aromatic rings. The summed E-state index contributed by atoms with van der Waals surface area (Å²) in [5, 5.41) is 5.18. The van der Waals surface area contributed by atoms with Crippen LogP contribution < -0.4 is 5.32 Å². The fourth-order valence-electron chi connectivity index (χ4n) is 4.70. The third-order valence-corrected chi connectivity index (χ3v) is 7.05. The lowest BCUT2D eigenvalue weighted by atomic mass is 9.82. The molecular weight excluding hydrogens is 421 g/mol. The van der Waals surface area contributed by atoms with Crippen molar-refractivity contribution in [1.29, 1.82) is 0 Å². The van der Waals surface area contributed by atoms with Crippen LogP contribution in [-0.4, -0.2) is 48.1 Å². The monoisotopic (exact) mass is 447 g/mol. The number of aromatic amines is 1. The fraction of sp³-hybridized carbons (Fsp3) is 0.435. The molecule has 0 aliphatic carbocycles. The number of rotatable bonds is 5. The number of nitrogens with zero attached hydrogens (tertiary/aromatic N) is 1. The van der Waals surface area contributed by atoms with Crippen molar-refractivity contribution in [3.05, 3.63) is 51.8 Å². The van der Waals surface area contributed by atoms with Crippen molar-refractivity contribution in [1.82, 2.24) is 15.2 Å². The van der Waals surface area contributed by atoms with E-state index in [1.54, 1.807) is 18.2 Å². The number of piperidine rings is 2. The topological polar surface area (TPSA) is 57.4 Å². The molecule has 2 saturated heterocycles. The Balaban J connectivity index is 1.41. The van der Waals surface area contributed by atoms with Gasteiger partial charge in [0.25, 0.3) is 5.91 Å². The second-order valence-electron chi connectivity index (χ2n) is 8.22. The zero-order valence-electron chi connectivity index (χ0n) is 17.3. The van der Waals surface area contributed by atoms with Crippen molar-refractivity contribution in [2.45, 2.75) is 50.2 Å². The quantitative estimate of drug-likeness (QED) is 0.378. The first-order valence-corrected chi connectivity index (χ1v) is 11.1. The second kappa shape index (κ2) is 9.04. The van der Waals surface area contributed by atoms with Crippen molar-refractivity contribution in [2.75, 3.05) is 14.2 Å². The molecule has 30 heavy (non-hydrogen) atoms. The van der Waals surface area contributed by atoms with Crippen LogP contribution in [0, 0.1) is 0 Å². The number of halogens is 2. The third-order valence-electron chi connectivity index (χ3n) is 6.32. The summed E-state index contributed by atoms with van der Waals surface area (Å²) in [7, 11) is 3.74. The minimum atomic E-state index is -0.162. The number of amides is 1. The van der Waals surface area contributed by atoms with E-state index in [4.69, 9.17) is 27.9 Å². The van der Waals surface area contributed by atoms with Gasteiger partial charge in [-0.2, -0.15) is 0 Å². The van der Waals surface area contributed by atoms with E-state index in [0.29, 0.717) is 27.9 Å². The number of fused-ring (bicyclic) bond motifs is 3. The number of nitrogens with one attached hydrogen (secondary N) is 2. The summed E-state index contributed by atoms with van der Waals surface area (Å²) in [5.41, 5.74) is 1.80. The van der Waals surface area contributed by atoms with Gasteiger partial charge >= 0.3 is 0 Å². The Hall–Kier alpha value is -1.95. The van der Waals surface area contributed by atoms with E-state index in [9.17, 15) is 4.79 Å². The van der Waals surface area contributed by atoms with E-state index in [1.807, 2.05) is 18.2 Å². The highest BCUT2D eigenvalue weighted by atomic mass is 35.5. The van der Waals surface area contributed by atoms with Gasteiger partial charge in [0.2, 0.25) is 0 Å². The van der Waals surface area contributed by atoms with Crippen LogP contribution in [0.5, 0.6) is 0 Å². The van der Waals surface area contributed by atoms with Gasteiger partial charge in [0, 0.05) is 34.7 Å². The molecule has 0 radical (unpaired) electrons. The van der Waals surface area contributed by atoms with E-state index in [-0.39, 0.29) is 11.9 Å². The van der Waals surface area contributed by atoms with Gasteiger partial charge in [0.15, 0.2) is 5.76 Å². The Kier molecular flexibility index (Phi) is 6.42. The molecule has 2 unspecified atom stereocenters. The molecule has 1 aromatic heterocycles. The molecule has 2 aliphatic heterocycles. The van der Waals surface area contributed by atoms with Crippen LogP contribution in [0.15, 0.2) is 36.1 Å². The Morgan fingerprint density at radius 2 is 1.90 bits per heavy atom. The minimum absolute atomic E-state index is 0.162. The highest BCUT2D eigenvalue weighted by Gasteiger charge is 2.36. The first-order chi connectivity index (χ1) is 14.4. The number of methoxy groups -OCH3 is 1. The Morgan fingerprint density at radius 3 is 2.60 bits per heavy atom. The van der Waals surface area contributed by atoms with E-state index in [2.05, 4.69) is 22.2 Å². The molecule has 1 amide bonds. The lowest BCUT2D eigenvalue weighted by molar-refractivity contribution is -0.121. The summed E-state index contributed by atoms with van der Waals surface area (Å²) in [4.78, 5) is 18.5. The van der Waals surface area contributed by atoms with Gasteiger partial charge in [0.1, 0.15) is 0 Å². The largest absolute Gasteiger partial charge is 0.491 e. The van der Waals surface area contributed by atoms with Gasteiger partial charge in [-0.05, 0) is 63.1 Å². The van der Waals surface area contributed by atoms with E-state index < -0.39 is 0 Å². The summed E-state index contributed by atoms with van der Waals surface area (Å²) in [5.74, 6) is 0.141. The van der Waals surface area contributed by atoms with Crippen LogP contribution in [0.25, 0.3) is 17.0 Å². The molecule has 0 saturated carbocycles. The molecule has 2 N–H and O–H groups in total. The van der Waals surface area contributed by atoms with Gasteiger partial charge in [-0.15, -0.1) is 0 Å². The standard InChI is InChI=1S/C23H27Cl2N3O2/c1-28-17-6-4-7-18(28)12-16(11-17)27-23(29)22(30-2)8-3-5-15-9-14-10-19(24)20(25)13-21(14)26-15/h3,5,8-10,13,16-18,26H,4,6-7,11-12H2,1-2H3,(H,27,29)/b5-3+,22-8-. The van der Waals surface area contributed by atoms with Crippen LogP contribution in [-0.2, 0) is 9.53 Å². The average molecular weight is 448 g/mol. The molecule has 2 fully saturated rings.